The largest absolute Gasteiger partial charge is 0.387 e. The number of aliphatic hydroxyl groups excluding tert-OH is 1. The van der Waals surface area contributed by atoms with Crippen LogP contribution in [0.3, 0.4) is 0 Å². The summed E-state index contributed by atoms with van der Waals surface area (Å²) < 4.78 is 0. The summed E-state index contributed by atoms with van der Waals surface area (Å²) in [6, 6.07) is 0.670. The lowest BCUT2D eigenvalue weighted by Gasteiger charge is -2.35. The maximum absolute atomic E-state index is 10.1. The molecule has 3 rings (SSSR count). The van der Waals surface area contributed by atoms with Crippen molar-refractivity contribution in [3.05, 3.63) is 10.6 Å². The van der Waals surface area contributed by atoms with E-state index >= 15 is 0 Å². The highest BCUT2D eigenvalue weighted by molar-refractivity contribution is 7.15. The number of aryl methyl sites for hydroxylation is 1. The van der Waals surface area contributed by atoms with Crippen molar-refractivity contribution in [1.29, 1.82) is 0 Å². The number of piperidine rings is 1. The van der Waals surface area contributed by atoms with Crippen molar-refractivity contribution in [3.63, 3.8) is 0 Å². The van der Waals surface area contributed by atoms with Crippen LogP contribution in [0.5, 0.6) is 0 Å². The van der Waals surface area contributed by atoms with Gasteiger partial charge in [0.2, 0.25) is 0 Å². The Morgan fingerprint density at radius 1 is 1.32 bits per heavy atom. The fourth-order valence-electron chi connectivity index (χ4n) is 3.39. The summed E-state index contributed by atoms with van der Waals surface area (Å²) in [4.78, 5) is 8.63. The molecule has 4 heteroatoms. The number of hydrogen-bond donors (Lipinski definition) is 1. The number of aliphatic hydroxyl groups is 1. The quantitative estimate of drug-likeness (QED) is 0.917. The molecule has 1 aromatic rings. The number of thiazole rings is 1. The molecule has 2 heterocycles. The number of nitrogens with zero attached hydrogens (tertiary/aromatic N) is 2. The van der Waals surface area contributed by atoms with Gasteiger partial charge in [-0.25, -0.2) is 4.98 Å². The van der Waals surface area contributed by atoms with E-state index in [9.17, 15) is 5.11 Å². The van der Waals surface area contributed by atoms with E-state index in [1.807, 2.05) is 11.3 Å². The van der Waals surface area contributed by atoms with E-state index in [-0.39, 0.29) is 6.10 Å². The molecule has 1 aliphatic carbocycles. The van der Waals surface area contributed by atoms with Gasteiger partial charge in [-0.2, -0.15) is 0 Å². The molecule has 0 bridgehead atoms. The van der Waals surface area contributed by atoms with Gasteiger partial charge in [0.05, 0.1) is 11.8 Å². The molecule has 1 fully saturated rings. The standard InChI is InChI=1S/C15H24N2OS/c1-2-6-11-7-3-4-10-17(11)15-16-14-12(18)8-5-9-13(14)19-15/h11-12,18H,2-10H2,1H3. The number of hydrogen-bond acceptors (Lipinski definition) is 4. The summed E-state index contributed by atoms with van der Waals surface area (Å²) in [6.07, 6.45) is 9.24. The molecule has 0 aromatic carbocycles. The van der Waals surface area contributed by atoms with Gasteiger partial charge in [0, 0.05) is 17.5 Å². The van der Waals surface area contributed by atoms with E-state index in [0.717, 1.165) is 31.5 Å². The van der Waals surface area contributed by atoms with Gasteiger partial charge in [-0.1, -0.05) is 13.3 Å². The third-order valence-electron chi connectivity index (χ3n) is 4.41. The minimum absolute atomic E-state index is 0.317. The highest BCUT2D eigenvalue weighted by Crippen LogP contribution is 2.38. The van der Waals surface area contributed by atoms with Crippen LogP contribution in [-0.2, 0) is 6.42 Å². The first-order valence-corrected chi connectivity index (χ1v) is 8.55. The number of rotatable bonds is 3. The van der Waals surface area contributed by atoms with Gasteiger partial charge >= 0.3 is 0 Å². The Balaban J connectivity index is 1.84. The molecular formula is C15H24N2OS. The van der Waals surface area contributed by atoms with Crippen LogP contribution in [-0.4, -0.2) is 22.7 Å². The first-order valence-electron chi connectivity index (χ1n) is 7.74. The molecule has 106 valence electrons. The zero-order valence-electron chi connectivity index (χ0n) is 11.8. The van der Waals surface area contributed by atoms with Gasteiger partial charge in [-0.05, 0) is 44.9 Å². The van der Waals surface area contributed by atoms with Crippen molar-refractivity contribution < 1.29 is 5.11 Å². The monoisotopic (exact) mass is 280 g/mol. The highest BCUT2D eigenvalue weighted by Gasteiger charge is 2.28. The minimum atomic E-state index is -0.317. The van der Waals surface area contributed by atoms with E-state index in [1.54, 1.807) is 0 Å². The average Bonchev–Trinajstić information content (AvgIpc) is 2.85. The van der Waals surface area contributed by atoms with Crippen molar-refractivity contribution in [1.82, 2.24) is 4.98 Å². The van der Waals surface area contributed by atoms with Crippen LogP contribution in [0.1, 0.15) is 68.5 Å². The first-order chi connectivity index (χ1) is 9.29. The summed E-state index contributed by atoms with van der Waals surface area (Å²) >= 11 is 1.83. The van der Waals surface area contributed by atoms with Crippen LogP contribution in [0.2, 0.25) is 0 Å². The maximum atomic E-state index is 10.1. The molecule has 1 aliphatic heterocycles. The van der Waals surface area contributed by atoms with E-state index in [2.05, 4.69) is 11.8 Å². The smallest absolute Gasteiger partial charge is 0.186 e. The summed E-state index contributed by atoms with van der Waals surface area (Å²) in [7, 11) is 0. The minimum Gasteiger partial charge on any atom is -0.387 e. The zero-order valence-corrected chi connectivity index (χ0v) is 12.6. The Morgan fingerprint density at radius 2 is 2.21 bits per heavy atom. The SMILES string of the molecule is CCCC1CCCCN1c1nc2c(s1)CCCC2O. The first kappa shape index (κ1) is 13.4. The number of anilines is 1. The maximum Gasteiger partial charge on any atom is 0.186 e. The second-order valence-electron chi connectivity index (χ2n) is 5.84. The summed E-state index contributed by atoms with van der Waals surface area (Å²) in [6.45, 7) is 3.41. The van der Waals surface area contributed by atoms with Crippen LogP contribution < -0.4 is 4.90 Å². The molecule has 2 aliphatic rings. The van der Waals surface area contributed by atoms with Gasteiger partial charge in [-0.15, -0.1) is 11.3 Å². The third kappa shape index (κ3) is 2.65. The van der Waals surface area contributed by atoms with Crippen LogP contribution in [0.15, 0.2) is 0 Å². The van der Waals surface area contributed by atoms with Crippen molar-refractivity contribution >= 4 is 16.5 Å². The third-order valence-corrected chi connectivity index (χ3v) is 5.58. The molecule has 0 radical (unpaired) electrons. The molecular weight excluding hydrogens is 256 g/mol. The van der Waals surface area contributed by atoms with Crippen molar-refractivity contribution in [3.8, 4) is 0 Å². The Bertz CT molecular complexity index is 430. The van der Waals surface area contributed by atoms with Gasteiger partial charge in [-0.3, -0.25) is 0 Å². The van der Waals surface area contributed by atoms with Gasteiger partial charge in [0.15, 0.2) is 5.13 Å². The van der Waals surface area contributed by atoms with E-state index in [0.29, 0.717) is 6.04 Å². The summed E-state index contributed by atoms with van der Waals surface area (Å²) in [5.41, 5.74) is 0.979. The molecule has 0 amide bonds. The van der Waals surface area contributed by atoms with E-state index in [4.69, 9.17) is 4.98 Å². The van der Waals surface area contributed by atoms with Crippen LogP contribution in [0.4, 0.5) is 5.13 Å². The fraction of sp³-hybridized carbons (Fsp3) is 0.800. The second-order valence-corrected chi connectivity index (χ2v) is 6.91. The fourth-order valence-corrected chi connectivity index (χ4v) is 4.65. The molecule has 0 saturated carbocycles. The van der Waals surface area contributed by atoms with Gasteiger partial charge in [0.25, 0.3) is 0 Å². The summed E-state index contributed by atoms with van der Waals surface area (Å²) in [5.74, 6) is 0. The number of aromatic nitrogens is 1. The van der Waals surface area contributed by atoms with E-state index in [1.165, 1.54) is 42.1 Å². The second kappa shape index (κ2) is 5.80. The topological polar surface area (TPSA) is 36.4 Å². The predicted octanol–water partition coefficient (Wildman–Crippen LogP) is 3.67. The molecule has 0 spiro atoms. The lowest BCUT2D eigenvalue weighted by Crippen LogP contribution is -2.39. The Labute approximate surface area is 119 Å². The molecule has 1 N–H and O–H groups in total. The van der Waals surface area contributed by atoms with Crippen molar-refractivity contribution in [2.24, 2.45) is 0 Å². The normalized spacial score (nSPS) is 27.4. The van der Waals surface area contributed by atoms with E-state index < -0.39 is 0 Å². The van der Waals surface area contributed by atoms with Crippen molar-refractivity contribution in [2.45, 2.75) is 70.4 Å². The molecule has 3 nitrogen and oxygen atoms in total. The molecule has 2 atom stereocenters. The average molecular weight is 280 g/mol. The van der Waals surface area contributed by atoms with Gasteiger partial charge in [0.1, 0.15) is 0 Å². The zero-order chi connectivity index (χ0) is 13.2. The molecule has 1 saturated heterocycles. The summed E-state index contributed by atoms with van der Waals surface area (Å²) in [5, 5.41) is 11.2. The predicted molar refractivity (Wildman–Crippen MR) is 79.9 cm³/mol. The lowest BCUT2D eigenvalue weighted by molar-refractivity contribution is 0.153. The Hall–Kier alpha value is -0.610. The molecule has 2 unspecified atom stereocenters. The molecule has 19 heavy (non-hydrogen) atoms. The lowest BCUT2D eigenvalue weighted by atomic mass is 9.99. The highest BCUT2D eigenvalue weighted by atomic mass is 32.1. The van der Waals surface area contributed by atoms with Crippen molar-refractivity contribution in [2.75, 3.05) is 11.4 Å². The Morgan fingerprint density at radius 3 is 3.00 bits per heavy atom. The van der Waals surface area contributed by atoms with Gasteiger partial charge < -0.3 is 10.0 Å². The van der Waals surface area contributed by atoms with Crippen LogP contribution in [0.25, 0.3) is 0 Å². The number of fused-ring (bicyclic) bond motifs is 1. The Kier molecular flexibility index (Phi) is 4.08. The molecule has 1 aromatic heterocycles. The van der Waals surface area contributed by atoms with Crippen LogP contribution in [0, 0.1) is 0 Å². The van der Waals surface area contributed by atoms with Crippen LogP contribution >= 0.6 is 11.3 Å².